The zero-order chi connectivity index (χ0) is 9.42. The van der Waals surface area contributed by atoms with Crippen molar-refractivity contribution in [2.75, 3.05) is 0 Å². The first kappa shape index (κ1) is 9.13. The lowest BCUT2D eigenvalue weighted by atomic mass is 9.82. The van der Waals surface area contributed by atoms with Crippen LogP contribution in [-0.2, 0) is 5.75 Å². The van der Waals surface area contributed by atoms with E-state index in [1.165, 1.54) is 18.4 Å². The molecular weight excluding hydrogens is 182 g/mol. The van der Waals surface area contributed by atoms with Crippen LogP contribution < -0.4 is 0 Å². The van der Waals surface area contributed by atoms with Crippen LogP contribution in [0.1, 0.15) is 55.5 Å². The Morgan fingerprint density at radius 2 is 2.08 bits per heavy atom. The molecule has 0 saturated carbocycles. The van der Waals surface area contributed by atoms with E-state index in [9.17, 15) is 0 Å². The van der Waals surface area contributed by atoms with Gasteiger partial charge in [0, 0.05) is 17.2 Å². The average Bonchev–Trinajstić information content (AvgIpc) is 2.56. The molecule has 2 nitrogen and oxygen atoms in total. The third-order valence-corrected chi connectivity index (χ3v) is 3.25. The second-order valence-electron chi connectivity index (χ2n) is 3.94. The van der Waals surface area contributed by atoms with Crippen molar-refractivity contribution in [2.45, 2.75) is 44.3 Å². The molecule has 0 fully saturated rings. The van der Waals surface area contributed by atoms with Gasteiger partial charge in [0.05, 0.1) is 5.69 Å². The third kappa shape index (κ3) is 1.39. The molecule has 0 saturated heterocycles. The van der Waals surface area contributed by atoms with Crippen molar-refractivity contribution >= 4 is 12.6 Å². The maximum atomic E-state index is 5.36. The van der Waals surface area contributed by atoms with E-state index in [-0.39, 0.29) is 0 Å². The minimum absolute atomic E-state index is 0.535. The first-order chi connectivity index (χ1) is 6.24. The summed E-state index contributed by atoms with van der Waals surface area (Å²) in [6, 6.07) is 0. The molecule has 72 valence electrons. The summed E-state index contributed by atoms with van der Waals surface area (Å²) in [6.07, 6.45) is 2.46. The second kappa shape index (κ2) is 3.37. The molecule has 2 atom stereocenters. The van der Waals surface area contributed by atoms with E-state index in [0.717, 1.165) is 11.5 Å². The van der Waals surface area contributed by atoms with Crippen LogP contribution in [0.15, 0.2) is 4.52 Å². The maximum absolute atomic E-state index is 5.36. The Balaban J connectivity index is 2.47. The van der Waals surface area contributed by atoms with Gasteiger partial charge in [-0.05, 0) is 18.8 Å². The molecular formula is C10H15NOS. The van der Waals surface area contributed by atoms with Crippen molar-refractivity contribution in [1.82, 2.24) is 5.16 Å². The number of fused-ring (bicyclic) bond motifs is 1. The summed E-state index contributed by atoms with van der Waals surface area (Å²) in [6.45, 7) is 4.45. The molecule has 0 radical (unpaired) electrons. The van der Waals surface area contributed by atoms with Gasteiger partial charge in [-0.2, -0.15) is 12.6 Å². The summed E-state index contributed by atoms with van der Waals surface area (Å²) in [5.41, 5.74) is 2.37. The molecule has 1 aromatic rings. The van der Waals surface area contributed by atoms with E-state index in [4.69, 9.17) is 4.52 Å². The summed E-state index contributed by atoms with van der Waals surface area (Å²) < 4.78 is 5.36. The first-order valence-electron chi connectivity index (χ1n) is 4.83. The topological polar surface area (TPSA) is 26.0 Å². The van der Waals surface area contributed by atoms with E-state index in [0.29, 0.717) is 17.6 Å². The SMILES string of the molecule is CC1CCC(C)c2c(CS)noc21. The van der Waals surface area contributed by atoms with Crippen LogP contribution in [0.25, 0.3) is 0 Å². The zero-order valence-electron chi connectivity index (χ0n) is 8.08. The Morgan fingerprint density at radius 3 is 2.77 bits per heavy atom. The predicted octanol–water partition coefficient (Wildman–Crippen LogP) is 3.11. The van der Waals surface area contributed by atoms with Gasteiger partial charge in [-0.3, -0.25) is 0 Å². The Morgan fingerprint density at radius 1 is 1.38 bits per heavy atom. The van der Waals surface area contributed by atoms with Gasteiger partial charge in [0.25, 0.3) is 0 Å². The molecule has 1 aromatic heterocycles. The lowest BCUT2D eigenvalue weighted by Gasteiger charge is -2.22. The smallest absolute Gasteiger partial charge is 0.143 e. The van der Waals surface area contributed by atoms with Crippen LogP contribution in [0.5, 0.6) is 0 Å². The molecule has 1 aliphatic rings. The third-order valence-electron chi connectivity index (χ3n) is 2.95. The van der Waals surface area contributed by atoms with Gasteiger partial charge in [-0.25, -0.2) is 0 Å². The lowest BCUT2D eigenvalue weighted by Crippen LogP contribution is -2.09. The standard InChI is InChI=1S/C10H15NOS/c1-6-3-4-7(2)10-9(6)8(5-13)11-12-10/h6-7,13H,3-5H2,1-2H3. The summed E-state index contributed by atoms with van der Waals surface area (Å²) in [5, 5.41) is 4.07. The first-order valence-corrected chi connectivity index (χ1v) is 5.46. The monoisotopic (exact) mass is 197 g/mol. The van der Waals surface area contributed by atoms with Crippen molar-refractivity contribution in [3.8, 4) is 0 Å². The van der Waals surface area contributed by atoms with Crippen LogP contribution in [0.3, 0.4) is 0 Å². The quantitative estimate of drug-likeness (QED) is 0.700. The Bertz CT molecular complexity index is 308. The van der Waals surface area contributed by atoms with Gasteiger partial charge in [0.1, 0.15) is 5.76 Å². The maximum Gasteiger partial charge on any atom is 0.143 e. The number of hydrogen-bond acceptors (Lipinski definition) is 3. The molecule has 1 aliphatic carbocycles. The molecule has 0 aliphatic heterocycles. The van der Waals surface area contributed by atoms with Crippen molar-refractivity contribution in [3.05, 3.63) is 17.0 Å². The zero-order valence-corrected chi connectivity index (χ0v) is 8.97. The Labute approximate surface area is 84.1 Å². The Hall–Kier alpha value is -0.440. The van der Waals surface area contributed by atoms with Gasteiger partial charge in [-0.1, -0.05) is 19.0 Å². The molecule has 1 heterocycles. The van der Waals surface area contributed by atoms with Crippen LogP contribution in [-0.4, -0.2) is 5.16 Å². The predicted molar refractivity (Wildman–Crippen MR) is 55.3 cm³/mol. The summed E-state index contributed by atoms with van der Waals surface area (Å²) in [5.74, 6) is 2.92. The summed E-state index contributed by atoms with van der Waals surface area (Å²) >= 11 is 4.26. The van der Waals surface area contributed by atoms with Crippen molar-refractivity contribution in [2.24, 2.45) is 0 Å². The van der Waals surface area contributed by atoms with Crippen LogP contribution in [0.2, 0.25) is 0 Å². The highest BCUT2D eigenvalue weighted by atomic mass is 32.1. The minimum Gasteiger partial charge on any atom is -0.361 e. The molecule has 0 bridgehead atoms. The molecule has 2 unspecified atom stereocenters. The van der Waals surface area contributed by atoms with Crippen LogP contribution in [0, 0.1) is 0 Å². The van der Waals surface area contributed by atoms with Crippen molar-refractivity contribution in [1.29, 1.82) is 0 Å². The van der Waals surface area contributed by atoms with E-state index < -0.39 is 0 Å². The number of nitrogens with zero attached hydrogens (tertiary/aromatic N) is 1. The number of hydrogen-bond donors (Lipinski definition) is 1. The van der Waals surface area contributed by atoms with Crippen molar-refractivity contribution < 1.29 is 4.52 Å². The fourth-order valence-electron chi connectivity index (χ4n) is 2.12. The van der Waals surface area contributed by atoms with Gasteiger partial charge in [0.15, 0.2) is 0 Å². The number of rotatable bonds is 1. The number of aromatic nitrogens is 1. The summed E-state index contributed by atoms with van der Waals surface area (Å²) in [7, 11) is 0. The molecule has 2 rings (SSSR count). The fraction of sp³-hybridized carbons (Fsp3) is 0.700. The number of thiol groups is 1. The van der Waals surface area contributed by atoms with Gasteiger partial charge in [-0.15, -0.1) is 0 Å². The van der Waals surface area contributed by atoms with Crippen LogP contribution in [0.4, 0.5) is 0 Å². The van der Waals surface area contributed by atoms with E-state index in [1.54, 1.807) is 0 Å². The normalized spacial score (nSPS) is 27.3. The molecule has 0 aromatic carbocycles. The summed E-state index contributed by atoms with van der Waals surface area (Å²) in [4.78, 5) is 0. The highest BCUT2D eigenvalue weighted by Gasteiger charge is 2.28. The minimum atomic E-state index is 0.535. The molecule has 0 spiro atoms. The average molecular weight is 197 g/mol. The van der Waals surface area contributed by atoms with E-state index in [1.807, 2.05) is 0 Å². The van der Waals surface area contributed by atoms with E-state index in [2.05, 4.69) is 31.6 Å². The molecule has 0 amide bonds. The van der Waals surface area contributed by atoms with Crippen LogP contribution >= 0.6 is 12.6 Å². The molecule has 13 heavy (non-hydrogen) atoms. The Kier molecular flexibility index (Phi) is 2.37. The fourth-order valence-corrected chi connectivity index (χ4v) is 2.35. The largest absolute Gasteiger partial charge is 0.361 e. The van der Waals surface area contributed by atoms with E-state index >= 15 is 0 Å². The molecule has 0 N–H and O–H groups in total. The lowest BCUT2D eigenvalue weighted by molar-refractivity contribution is 0.340. The van der Waals surface area contributed by atoms with Gasteiger partial charge < -0.3 is 4.52 Å². The van der Waals surface area contributed by atoms with Gasteiger partial charge in [0.2, 0.25) is 0 Å². The second-order valence-corrected chi connectivity index (χ2v) is 4.26. The van der Waals surface area contributed by atoms with Crippen molar-refractivity contribution in [3.63, 3.8) is 0 Å². The molecule has 3 heteroatoms. The highest BCUT2D eigenvalue weighted by Crippen LogP contribution is 2.40. The van der Waals surface area contributed by atoms with Gasteiger partial charge >= 0.3 is 0 Å². The highest BCUT2D eigenvalue weighted by molar-refractivity contribution is 7.79.